The molecular weight excluding hydrogens is 654 g/mol. The third kappa shape index (κ3) is 5.33. The molecule has 0 heterocycles. The zero-order valence-electron chi connectivity index (χ0n) is 15.7. The second kappa shape index (κ2) is 8.84. The predicted molar refractivity (Wildman–Crippen MR) is 90.7 cm³/mol. The topological polar surface area (TPSA) is 0 Å². The van der Waals surface area contributed by atoms with Crippen molar-refractivity contribution in [2.24, 2.45) is 11.8 Å². The van der Waals surface area contributed by atoms with Gasteiger partial charge in [0.1, 0.15) is 0 Å². The van der Waals surface area contributed by atoms with Gasteiger partial charge in [0.25, 0.3) is 0 Å². The van der Waals surface area contributed by atoms with Gasteiger partial charge in [0, 0.05) is 0 Å². The van der Waals surface area contributed by atoms with Crippen molar-refractivity contribution in [2.45, 2.75) is 41.5 Å². The fourth-order valence-corrected chi connectivity index (χ4v) is 8.76. The van der Waals surface area contributed by atoms with Crippen molar-refractivity contribution in [3.63, 3.8) is 0 Å². The van der Waals surface area contributed by atoms with E-state index in [9.17, 15) is 0 Å². The molecule has 0 aliphatic heterocycles. The standard InChI is InChI=1S/2C8H10.2Pb.Ti.8H/c2*1-6-4-5-7(2)8(6)3;;;;;;;;;;;/h2*6H,1-3H3;;;;;;;;;;;/q2*-1;;;+4;;;;;;;2*-1. The molecule has 104 valence electrons. The minimum atomic E-state index is 0. The summed E-state index contributed by atoms with van der Waals surface area (Å²) >= 11 is 1.16. The van der Waals surface area contributed by atoms with Crippen LogP contribution in [0.3, 0.4) is 0 Å². The maximum Gasteiger partial charge on any atom is 4.00 e. The minimum Gasteiger partial charge on any atom is -1.00 e. The van der Waals surface area contributed by atoms with Gasteiger partial charge in [-0.3, -0.25) is 0 Å². The second-order valence-corrected chi connectivity index (χ2v) is 13.4. The van der Waals surface area contributed by atoms with Gasteiger partial charge in [-0.2, -0.15) is 0 Å². The van der Waals surface area contributed by atoms with Crippen molar-refractivity contribution in [1.29, 1.82) is 0 Å². The molecule has 2 aliphatic carbocycles. The summed E-state index contributed by atoms with van der Waals surface area (Å²) in [7, 11) is 0. The van der Waals surface area contributed by atoms with Crippen LogP contribution in [0.4, 0.5) is 0 Å². The monoisotopic (exact) mass is 684 g/mol. The summed E-state index contributed by atoms with van der Waals surface area (Å²) in [6.07, 6.45) is 6.92. The van der Waals surface area contributed by atoms with E-state index in [0.29, 0.717) is 63.4 Å². The number of allylic oxidation sites excluding steroid dienone is 8. The van der Waals surface area contributed by atoms with Crippen LogP contribution in [-0.4, -0.2) is 51.5 Å². The van der Waals surface area contributed by atoms with Gasteiger partial charge in [-0.1, -0.05) is 0 Å². The molecule has 0 spiro atoms. The summed E-state index contributed by atoms with van der Waals surface area (Å²) in [5.74, 6) is 1.23. The fourth-order valence-electron chi connectivity index (χ4n) is 2.32. The van der Waals surface area contributed by atoms with Crippen LogP contribution in [0, 0.1) is 24.0 Å². The molecule has 0 fully saturated rings. The summed E-state index contributed by atoms with van der Waals surface area (Å²) in [5, 5.41) is 0. The Morgan fingerprint density at radius 3 is 1.11 bits per heavy atom. The summed E-state index contributed by atoms with van der Waals surface area (Å²) < 4.78 is 3.11. The maximum atomic E-state index is 3.46. The molecule has 2 rings (SSSR count). The van der Waals surface area contributed by atoms with E-state index < -0.39 is 0 Å². The van der Waals surface area contributed by atoms with E-state index in [2.05, 4.69) is 53.7 Å². The van der Waals surface area contributed by atoms with Crippen molar-refractivity contribution in [2.75, 3.05) is 0 Å². The molecule has 2 aliphatic rings. The van der Waals surface area contributed by atoms with Gasteiger partial charge in [-0.25, -0.2) is 0 Å². The number of hydrogen-bond donors (Lipinski definition) is 0. The average molecular weight is 683 g/mol. The molecule has 0 radical (unpaired) electrons. The van der Waals surface area contributed by atoms with E-state index >= 15 is 0 Å². The Hall–Kier alpha value is 1.52. The first-order valence-corrected chi connectivity index (χ1v) is 14.6. The molecule has 0 N–H and O–H groups in total. The first-order valence-electron chi connectivity index (χ1n) is 6.81. The normalized spacial score (nSPS) is 26.0. The zero-order chi connectivity index (χ0) is 14.0. The van der Waals surface area contributed by atoms with Crippen molar-refractivity contribution in [1.82, 2.24) is 0 Å². The zero-order valence-corrected chi connectivity index (χ0v) is 30.8. The first-order chi connectivity index (χ1) is 8.25. The van der Waals surface area contributed by atoms with Crippen molar-refractivity contribution in [3.8, 4) is 0 Å². The third-order valence-corrected chi connectivity index (χ3v) is 12.5. The molecule has 2 atom stereocenters. The van der Waals surface area contributed by atoms with E-state index in [-0.39, 0.29) is 24.6 Å². The molecule has 2 unspecified atom stereocenters. The Morgan fingerprint density at radius 2 is 1.05 bits per heavy atom. The largest absolute Gasteiger partial charge is 4.00 e. The van der Waals surface area contributed by atoms with Gasteiger partial charge in [0.2, 0.25) is 0 Å². The number of rotatable bonds is 0. The van der Waals surface area contributed by atoms with Gasteiger partial charge < -0.3 is 2.85 Å². The van der Waals surface area contributed by atoms with Crippen molar-refractivity contribution >= 4 is 51.5 Å². The Labute approximate surface area is 168 Å². The van der Waals surface area contributed by atoms with Crippen LogP contribution in [-0.2, 0) is 21.7 Å². The second-order valence-electron chi connectivity index (χ2n) is 5.60. The fraction of sp³-hybridized carbons (Fsp3) is 0.500. The van der Waals surface area contributed by atoms with Gasteiger partial charge in [0.15, 0.2) is 0 Å². The molecule has 0 saturated heterocycles. The van der Waals surface area contributed by atoms with Crippen molar-refractivity contribution in [3.05, 3.63) is 40.7 Å². The van der Waals surface area contributed by atoms with Crippen LogP contribution >= 0.6 is 0 Å². The van der Waals surface area contributed by atoms with E-state index in [4.69, 9.17) is 0 Å². The van der Waals surface area contributed by atoms with Crippen LogP contribution in [0.15, 0.2) is 28.6 Å². The Morgan fingerprint density at radius 1 is 0.789 bits per heavy atom. The van der Waals surface area contributed by atoms with E-state index in [1.807, 2.05) is 0 Å². The average Bonchev–Trinajstić information content (AvgIpc) is 2.66. The number of hydrogen-bond acceptors (Lipinski definition) is 0. The molecule has 0 amide bonds. The Balaban J connectivity index is -0.000000270. The van der Waals surface area contributed by atoms with E-state index in [1.54, 1.807) is 6.26 Å². The van der Waals surface area contributed by atoms with Crippen LogP contribution in [0.2, 0.25) is 0 Å². The summed E-state index contributed by atoms with van der Waals surface area (Å²) in [6, 6.07) is 0. The van der Waals surface area contributed by atoms with Gasteiger partial charge in [0.05, 0.1) is 0 Å². The van der Waals surface area contributed by atoms with Crippen molar-refractivity contribution < 1.29 is 24.6 Å². The van der Waals surface area contributed by atoms with Gasteiger partial charge in [-0.15, -0.1) is 0 Å². The van der Waals surface area contributed by atoms with Crippen LogP contribution in [0.5, 0.6) is 0 Å². The molecule has 0 saturated carbocycles. The van der Waals surface area contributed by atoms with E-state index in [0.717, 1.165) is 0 Å². The molecule has 0 aromatic heterocycles. The summed E-state index contributed by atoms with van der Waals surface area (Å²) in [4.78, 5) is 0. The molecule has 0 aromatic carbocycles. The Kier molecular flexibility index (Phi) is 9.55. The van der Waals surface area contributed by atoms with Gasteiger partial charge in [-0.05, 0) is 0 Å². The smallest absolute Gasteiger partial charge is 1.00 e. The third-order valence-electron chi connectivity index (χ3n) is 4.47. The summed E-state index contributed by atoms with van der Waals surface area (Å²) in [6.45, 7) is 13.3. The maximum absolute atomic E-state index is 3.46. The molecule has 3 heteroatoms. The SMILES string of the molecule is CC1=C(C)C(C)[C-]=[C]1[PbH3].CC1=C(C)C(C)[C-]=[C]1[PbH3].[H-].[H-].[Ti+4]. The predicted octanol–water partition coefficient (Wildman–Crippen LogP) is 2.27. The van der Waals surface area contributed by atoms with Gasteiger partial charge >= 0.3 is 167 Å². The molecular formula is C16H28Pb2Ti. The minimum absolute atomic E-state index is 0. The van der Waals surface area contributed by atoms with Crippen LogP contribution in [0.25, 0.3) is 0 Å². The molecule has 19 heavy (non-hydrogen) atoms. The molecule has 0 bridgehead atoms. The Bertz CT molecular complexity index is 433. The first kappa shape index (κ1) is 20.5. The molecule has 0 aromatic rings. The molecule has 0 nitrogen and oxygen atoms in total. The quantitative estimate of drug-likeness (QED) is 0.272. The van der Waals surface area contributed by atoms with Crippen LogP contribution in [0.1, 0.15) is 44.4 Å². The van der Waals surface area contributed by atoms with Crippen LogP contribution < -0.4 is 0 Å². The van der Waals surface area contributed by atoms with E-state index in [1.165, 1.54) is 22.3 Å². The summed E-state index contributed by atoms with van der Waals surface area (Å²) in [5.41, 5.74) is 6.13.